The highest BCUT2D eigenvalue weighted by molar-refractivity contribution is 6.02. The van der Waals surface area contributed by atoms with Crippen LogP contribution in [0.25, 0.3) is 22.3 Å². The molecule has 2 aromatic carbocycles. The van der Waals surface area contributed by atoms with Crippen LogP contribution in [-0.4, -0.2) is 49.6 Å². The molecule has 8 nitrogen and oxygen atoms in total. The van der Waals surface area contributed by atoms with E-state index in [0.29, 0.717) is 42.8 Å². The van der Waals surface area contributed by atoms with Gasteiger partial charge in [0.2, 0.25) is 0 Å². The molecule has 3 aromatic rings. The van der Waals surface area contributed by atoms with Crippen molar-refractivity contribution in [2.45, 2.75) is 19.8 Å². The topological polar surface area (TPSA) is 103 Å². The molecule has 0 radical (unpaired) electrons. The Hall–Kier alpha value is -3.94. The lowest BCUT2D eigenvalue weighted by Gasteiger charge is -2.30. The van der Waals surface area contributed by atoms with E-state index in [1.165, 1.54) is 13.2 Å². The van der Waals surface area contributed by atoms with Gasteiger partial charge in [-0.25, -0.2) is 4.79 Å². The maximum Gasteiger partial charge on any atom is 0.342 e. The van der Waals surface area contributed by atoms with Crippen LogP contribution in [0.3, 0.4) is 0 Å². The van der Waals surface area contributed by atoms with E-state index in [1.807, 2.05) is 30.3 Å². The number of piperidine rings is 1. The SMILES string of the molecule is COC(=O)C1CCN(C(=O)COC(=O)c2cccc3c(=O)c(C)c(-c4ccccc4)oc23)CC1. The number of hydrogen-bond donors (Lipinski definition) is 0. The molecule has 0 spiro atoms. The third kappa shape index (κ3) is 4.57. The number of carbonyl (C=O) groups is 3. The molecule has 0 N–H and O–H groups in total. The van der Waals surface area contributed by atoms with Crippen LogP contribution < -0.4 is 5.43 Å². The van der Waals surface area contributed by atoms with Crippen LogP contribution in [-0.2, 0) is 19.1 Å². The predicted molar refractivity (Wildman–Crippen MR) is 124 cm³/mol. The highest BCUT2D eigenvalue weighted by Gasteiger charge is 2.28. The summed E-state index contributed by atoms with van der Waals surface area (Å²) in [5.74, 6) is -1.23. The van der Waals surface area contributed by atoms with E-state index in [1.54, 1.807) is 24.0 Å². The average Bonchev–Trinajstić information content (AvgIpc) is 2.88. The monoisotopic (exact) mass is 463 g/mol. The highest BCUT2D eigenvalue weighted by Crippen LogP contribution is 2.27. The maximum atomic E-state index is 13.0. The smallest absolute Gasteiger partial charge is 0.342 e. The Labute approximate surface area is 196 Å². The van der Waals surface area contributed by atoms with E-state index >= 15 is 0 Å². The van der Waals surface area contributed by atoms with E-state index in [0.717, 1.165) is 0 Å². The molecule has 176 valence electrons. The Kier molecular flexibility index (Phi) is 6.77. The van der Waals surface area contributed by atoms with Crippen molar-refractivity contribution in [3.8, 4) is 11.3 Å². The minimum absolute atomic E-state index is 0.0731. The lowest BCUT2D eigenvalue weighted by Crippen LogP contribution is -2.42. The van der Waals surface area contributed by atoms with Gasteiger partial charge in [0.1, 0.15) is 11.3 Å². The number of hydrogen-bond acceptors (Lipinski definition) is 7. The quantitative estimate of drug-likeness (QED) is 0.535. The largest absolute Gasteiger partial charge is 0.469 e. The van der Waals surface area contributed by atoms with Crippen molar-refractivity contribution < 1.29 is 28.3 Å². The molecule has 1 aliphatic rings. The van der Waals surface area contributed by atoms with E-state index in [2.05, 4.69) is 0 Å². The fourth-order valence-corrected chi connectivity index (χ4v) is 4.16. The van der Waals surface area contributed by atoms with Crippen molar-refractivity contribution in [1.82, 2.24) is 4.90 Å². The van der Waals surface area contributed by atoms with Gasteiger partial charge in [-0.15, -0.1) is 0 Å². The number of esters is 2. The number of ether oxygens (including phenoxy) is 2. The van der Waals surface area contributed by atoms with Gasteiger partial charge in [-0.2, -0.15) is 0 Å². The number of para-hydroxylation sites is 1. The summed E-state index contributed by atoms with van der Waals surface area (Å²) < 4.78 is 16.1. The van der Waals surface area contributed by atoms with Gasteiger partial charge >= 0.3 is 11.9 Å². The minimum Gasteiger partial charge on any atom is -0.469 e. The molecule has 1 saturated heterocycles. The van der Waals surface area contributed by atoms with Crippen LogP contribution in [0.5, 0.6) is 0 Å². The first-order valence-corrected chi connectivity index (χ1v) is 11.0. The second kappa shape index (κ2) is 9.91. The van der Waals surface area contributed by atoms with E-state index in [4.69, 9.17) is 13.9 Å². The molecular formula is C26H25NO7. The molecule has 1 aliphatic heterocycles. The molecule has 0 saturated carbocycles. The van der Waals surface area contributed by atoms with Crippen molar-refractivity contribution in [2.24, 2.45) is 5.92 Å². The lowest BCUT2D eigenvalue weighted by atomic mass is 9.97. The Balaban J connectivity index is 1.52. The third-order valence-corrected chi connectivity index (χ3v) is 6.11. The van der Waals surface area contributed by atoms with Crippen LogP contribution in [0.15, 0.2) is 57.7 Å². The van der Waals surface area contributed by atoms with Gasteiger partial charge in [-0.05, 0) is 31.9 Å². The van der Waals surface area contributed by atoms with E-state index in [-0.39, 0.29) is 39.8 Å². The van der Waals surface area contributed by atoms with Crippen LogP contribution >= 0.6 is 0 Å². The molecule has 2 heterocycles. The Bertz CT molecular complexity index is 1290. The third-order valence-electron chi connectivity index (χ3n) is 6.11. The molecule has 0 atom stereocenters. The van der Waals surface area contributed by atoms with Crippen molar-refractivity contribution in [1.29, 1.82) is 0 Å². The number of methoxy groups -OCH3 is 1. The summed E-state index contributed by atoms with van der Waals surface area (Å²) in [6.45, 7) is 2.01. The van der Waals surface area contributed by atoms with Crippen molar-refractivity contribution in [2.75, 3.05) is 26.8 Å². The molecule has 34 heavy (non-hydrogen) atoms. The summed E-state index contributed by atoms with van der Waals surface area (Å²) >= 11 is 0. The molecule has 1 fully saturated rings. The summed E-state index contributed by atoms with van der Waals surface area (Å²) in [6.07, 6.45) is 1.00. The Morgan fingerprint density at radius 1 is 1.03 bits per heavy atom. The average molecular weight is 463 g/mol. The van der Waals surface area contributed by atoms with Crippen molar-refractivity contribution in [3.05, 3.63) is 69.9 Å². The van der Waals surface area contributed by atoms with Crippen LogP contribution in [0, 0.1) is 12.8 Å². The number of carbonyl (C=O) groups excluding carboxylic acids is 3. The molecule has 0 aliphatic carbocycles. The summed E-state index contributed by atoms with van der Waals surface area (Å²) in [5.41, 5.74) is 1.11. The summed E-state index contributed by atoms with van der Waals surface area (Å²) in [7, 11) is 1.35. The second-order valence-electron chi connectivity index (χ2n) is 8.19. The molecule has 1 aromatic heterocycles. The fraction of sp³-hybridized carbons (Fsp3) is 0.308. The van der Waals surface area contributed by atoms with Gasteiger partial charge in [0.25, 0.3) is 5.91 Å². The molecular weight excluding hydrogens is 438 g/mol. The normalized spacial score (nSPS) is 14.1. The van der Waals surface area contributed by atoms with Gasteiger partial charge in [0, 0.05) is 24.2 Å². The van der Waals surface area contributed by atoms with Crippen LogP contribution in [0.4, 0.5) is 0 Å². The van der Waals surface area contributed by atoms with Crippen molar-refractivity contribution in [3.63, 3.8) is 0 Å². The van der Waals surface area contributed by atoms with Crippen LogP contribution in [0.1, 0.15) is 28.8 Å². The number of benzene rings is 2. The maximum absolute atomic E-state index is 13.0. The first-order valence-electron chi connectivity index (χ1n) is 11.0. The lowest BCUT2D eigenvalue weighted by molar-refractivity contribution is -0.149. The van der Waals surface area contributed by atoms with Gasteiger partial charge in [-0.1, -0.05) is 36.4 Å². The number of fused-ring (bicyclic) bond motifs is 1. The van der Waals surface area contributed by atoms with E-state index < -0.39 is 12.6 Å². The Morgan fingerprint density at radius 3 is 2.41 bits per heavy atom. The zero-order valence-electron chi connectivity index (χ0n) is 19.0. The van der Waals surface area contributed by atoms with Gasteiger partial charge in [0.15, 0.2) is 17.6 Å². The standard InChI is InChI=1S/C26H25NO7/c1-16-22(29)19-9-6-10-20(24(19)34-23(16)17-7-4-3-5-8-17)26(31)33-15-21(28)27-13-11-18(12-14-27)25(30)32-2/h3-10,18H,11-15H2,1-2H3. The predicted octanol–water partition coefficient (Wildman–Crippen LogP) is 3.34. The van der Waals surface area contributed by atoms with Gasteiger partial charge < -0.3 is 18.8 Å². The number of rotatable bonds is 5. The van der Waals surface area contributed by atoms with Gasteiger partial charge in [-0.3, -0.25) is 14.4 Å². The van der Waals surface area contributed by atoms with Gasteiger partial charge in [0.05, 0.1) is 18.4 Å². The number of nitrogens with zero attached hydrogens (tertiary/aromatic N) is 1. The fourth-order valence-electron chi connectivity index (χ4n) is 4.16. The molecule has 0 unspecified atom stereocenters. The molecule has 8 heteroatoms. The zero-order valence-corrected chi connectivity index (χ0v) is 19.0. The molecule has 0 bridgehead atoms. The van der Waals surface area contributed by atoms with Crippen LogP contribution in [0.2, 0.25) is 0 Å². The first-order chi connectivity index (χ1) is 16.4. The highest BCUT2D eigenvalue weighted by atomic mass is 16.5. The summed E-state index contributed by atoms with van der Waals surface area (Å²) in [5, 5.41) is 0.267. The summed E-state index contributed by atoms with van der Waals surface area (Å²) in [6, 6.07) is 13.8. The molecule has 1 amide bonds. The number of amides is 1. The zero-order chi connectivity index (χ0) is 24.2. The van der Waals surface area contributed by atoms with Crippen molar-refractivity contribution >= 4 is 28.8 Å². The Morgan fingerprint density at radius 2 is 1.74 bits per heavy atom. The number of likely N-dealkylation sites (tertiary alicyclic amines) is 1. The minimum atomic E-state index is -0.755. The van der Waals surface area contributed by atoms with E-state index in [9.17, 15) is 19.2 Å². The second-order valence-corrected chi connectivity index (χ2v) is 8.19. The summed E-state index contributed by atoms with van der Waals surface area (Å²) in [4.78, 5) is 51.6. The molecule has 4 rings (SSSR count). The first kappa shape index (κ1) is 23.2.